The molecule has 2 rings (SSSR count). The minimum absolute atomic E-state index is 0.0273. The topological polar surface area (TPSA) is 67.8 Å². The third kappa shape index (κ3) is 3.89. The molecule has 5 heteroatoms. The minimum atomic E-state index is 0.0273. The van der Waals surface area contributed by atoms with Crippen molar-refractivity contribution in [2.75, 3.05) is 0 Å². The Morgan fingerprint density at radius 1 is 1.24 bits per heavy atom. The smallest absolute Gasteiger partial charge is 0.170 e. The molecule has 3 N–H and O–H groups in total. The van der Waals surface area contributed by atoms with Gasteiger partial charge in [-0.05, 0) is 30.2 Å². The van der Waals surface area contributed by atoms with Gasteiger partial charge in [0.2, 0.25) is 0 Å². The maximum absolute atomic E-state index is 8.64. The molecule has 0 saturated heterocycles. The predicted octanol–water partition coefficient (Wildman–Crippen LogP) is 3.58. The summed E-state index contributed by atoms with van der Waals surface area (Å²) in [6, 6.07) is 13.2. The number of aryl methyl sites for hydroxylation is 1. The number of hydrogen-bond donors (Lipinski definition) is 2. The van der Waals surface area contributed by atoms with Crippen molar-refractivity contribution >= 4 is 17.4 Å². The van der Waals surface area contributed by atoms with E-state index in [-0.39, 0.29) is 5.84 Å². The molecule has 0 spiro atoms. The first kappa shape index (κ1) is 15.2. The molecule has 0 radical (unpaired) electrons. The van der Waals surface area contributed by atoms with Gasteiger partial charge in [-0.2, -0.15) is 0 Å². The lowest BCUT2D eigenvalue weighted by molar-refractivity contribution is 0.306. The molecule has 0 aliphatic heterocycles. The van der Waals surface area contributed by atoms with E-state index < -0.39 is 0 Å². The average molecular weight is 305 g/mol. The van der Waals surface area contributed by atoms with Crippen LogP contribution in [0.2, 0.25) is 5.02 Å². The first-order valence-electron chi connectivity index (χ1n) is 6.62. The summed E-state index contributed by atoms with van der Waals surface area (Å²) in [6.07, 6.45) is 1.00. The molecule has 0 aromatic heterocycles. The van der Waals surface area contributed by atoms with E-state index in [1.807, 2.05) is 24.3 Å². The first-order valence-corrected chi connectivity index (χ1v) is 7.00. The molecule has 0 unspecified atom stereocenters. The normalized spacial score (nSPS) is 11.4. The fourth-order valence-corrected chi connectivity index (χ4v) is 2.10. The molecule has 0 heterocycles. The Balaban J connectivity index is 2.05. The van der Waals surface area contributed by atoms with Crippen LogP contribution in [-0.4, -0.2) is 11.0 Å². The number of rotatable bonds is 5. The maximum Gasteiger partial charge on any atom is 0.170 e. The summed E-state index contributed by atoms with van der Waals surface area (Å²) in [4.78, 5) is 0. The van der Waals surface area contributed by atoms with Gasteiger partial charge in [-0.1, -0.05) is 47.9 Å². The molecule has 0 saturated carbocycles. The molecule has 0 atom stereocenters. The molecule has 2 aromatic carbocycles. The fourth-order valence-electron chi connectivity index (χ4n) is 1.86. The van der Waals surface area contributed by atoms with Crippen LogP contribution in [0.3, 0.4) is 0 Å². The SMILES string of the molecule is CCc1ccc(OCc2ccc(/C(N)=N/O)cc2Cl)cc1. The lowest BCUT2D eigenvalue weighted by Gasteiger charge is -2.09. The van der Waals surface area contributed by atoms with Gasteiger partial charge in [0.25, 0.3) is 0 Å². The number of oxime groups is 1. The second-order valence-corrected chi connectivity index (χ2v) is 4.98. The summed E-state index contributed by atoms with van der Waals surface area (Å²) in [5.74, 6) is 0.823. The number of ether oxygens (including phenoxy) is 1. The number of halogens is 1. The van der Waals surface area contributed by atoms with Crippen LogP contribution in [0.25, 0.3) is 0 Å². The van der Waals surface area contributed by atoms with E-state index in [0.717, 1.165) is 17.7 Å². The van der Waals surface area contributed by atoms with E-state index in [0.29, 0.717) is 17.2 Å². The fraction of sp³-hybridized carbons (Fsp3) is 0.188. The van der Waals surface area contributed by atoms with Gasteiger partial charge in [-0.15, -0.1) is 0 Å². The molecule has 2 aromatic rings. The quantitative estimate of drug-likeness (QED) is 0.384. The van der Waals surface area contributed by atoms with Crippen LogP contribution in [0, 0.1) is 0 Å². The monoisotopic (exact) mass is 304 g/mol. The van der Waals surface area contributed by atoms with E-state index in [4.69, 9.17) is 27.3 Å². The molecule has 0 amide bonds. The van der Waals surface area contributed by atoms with E-state index in [1.54, 1.807) is 18.2 Å². The summed E-state index contributed by atoms with van der Waals surface area (Å²) in [7, 11) is 0. The Morgan fingerprint density at radius 3 is 2.52 bits per heavy atom. The lowest BCUT2D eigenvalue weighted by Crippen LogP contribution is -2.13. The maximum atomic E-state index is 8.64. The van der Waals surface area contributed by atoms with Gasteiger partial charge in [0.05, 0.1) is 0 Å². The van der Waals surface area contributed by atoms with Crippen LogP contribution in [-0.2, 0) is 13.0 Å². The van der Waals surface area contributed by atoms with E-state index in [1.165, 1.54) is 5.56 Å². The number of nitrogens with two attached hydrogens (primary N) is 1. The molecule has 21 heavy (non-hydrogen) atoms. The highest BCUT2D eigenvalue weighted by Crippen LogP contribution is 2.21. The molecule has 0 aliphatic carbocycles. The summed E-state index contributed by atoms with van der Waals surface area (Å²) in [5, 5.41) is 12.1. The van der Waals surface area contributed by atoms with Gasteiger partial charge < -0.3 is 15.7 Å². The van der Waals surface area contributed by atoms with Crippen molar-refractivity contribution in [2.45, 2.75) is 20.0 Å². The van der Waals surface area contributed by atoms with Gasteiger partial charge >= 0.3 is 0 Å². The molecular weight excluding hydrogens is 288 g/mol. The second kappa shape index (κ2) is 6.99. The lowest BCUT2D eigenvalue weighted by atomic mass is 10.1. The van der Waals surface area contributed by atoms with E-state index in [2.05, 4.69) is 12.1 Å². The molecule has 0 aliphatic rings. The van der Waals surface area contributed by atoms with Crippen LogP contribution >= 0.6 is 11.6 Å². The van der Waals surface area contributed by atoms with Crippen LogP contribution in [0.5, 0.6) is 5.75 Å². The van der Waals surface area contributed by atoms with Crippen LogP contribution < -0.4 is 10.5 Å². The van der Waals surface area contributed by atoms with Crippen molar-refractivity contribution in [3.63, 3.8) is 0 Å². The van der Waals surface area contributed by atoms with E-state index in [9.17, 15) is 0 Å². The molecule has 4 nitrogen and oxygen atoms in total. The van der Waals surface area contributed by atoms with E-state index >= 15 is 0 Å². The standard InChI is InChI=1S/C16H17ClN2O2/c1-2-11-3-7-14(8-4-11)21-10-13-6-5-12(9-15(13)17)16(18)19-20/h3-9,20H,2,10H2,1H3,(H2,18,19). The second-order valence-electron chi connectivity index (χ2n) is 4.58. The van der Waals surface area contributed by atoms with Crippen molar-refractivity contribution in [1.82, 2.24) is 0 Å². The zero-order chi connectivity index (χ0) is 15.2. The summed E-state index contributed by atoms with van der Waals surface area (Å²) < 4.78 is 5.70. The predicted molar refractivity (Wildman–Crippen MR) is 84.1 cm³/mol. The molecule has 0 fully saturated rings. The third-order valence-corrected chi connectivity index (χ3v) is 3.53. The van der Waals surface area contributed by atoms with Crippen LogP contribution in [0.1, 0.15) is 23.6 Å². The highest BCUT2D eigenvalue weighted by molar-refractivity contribution is 6.31. The van der Waals surface area contributed by atoms with Crippen molar-refractivity contribution < 1.29 is 9.94 Å². The Bertz CT molecular complexity index is 639. The van der Waals surface area contributed by atoms with Gasteiger partial charge in [-0.25, -0.2) is 0 Å². The summed E-state index contributed by atoms with van der Waals surface area (Å²) in [5.41, 5.74) is 8.19. The Morgan fingerprint density at radius 2 is 1.95 bits per heavy atom. The zero-order valence-electron chi connectivity index (χ0n) is 11.7. The zero-order valence-corrected chi connectivity index (χ0v) is 12.5. The van der Waals surface area contributed by atoms with Crippen molar-refractivity contribution in [1.29, 1.82) is 0 Å². The van der Waals surface area contributed by atoms with Gasteiger partial charge in [0.15, 0.2) is 5.84 Å². The van der Waals surface area contributed by atoms with Gasteiger partial charge in [0, 0.05) is 16.1 Å². The average Bonchev–Trinajstić information content (AvgIpc) is 2.53. The number of nitrogens with zero attached hydrogens (tertiary/aromatic N) is 1. The van der Waals surface area contributed by atoms with Crippen molar-refractivity contribution in [3.05, 3.63) is 64.2 Å². The molecule has 0 bridgehead atoms. The Kier molecular flexibility index (Phi) is 5.06. The highest BCUT2D eigenvalue weighted by atomic mass is 35.5. The largest absolute Gasteiger partial charge is 0.489 e. The van der Waals surface area contributed by atoms with Crippen molar-refractivity contribution in [2.24, 2.45) is 10.9 Å². The Hall–Kier alpha value is -2.20. The number of hydrogen-bond acceptors (Lipinski definition) is 3. The summed E-state index contributed by atoms with van der Waals surface area (Å²) >= 11 is 6.17. The highest BCUT2D eigenvalue weighted by Gasteiger charge is 2.06. The Labute approximate surface area is 128 Å². The third-order valence-electron chi connectivity index (χ3n) is 3.18. The van der Waals surface area contributed by atoms with Gasteiger partial charge in [-0.3, -0.25) is 0 Å². The molecular formula is C16H17ClN2O2. The molecule has 110 valence electrons. The number of benzene rings is 2. The van der Waals surface area contributed by atoms with Crippen molar-refractivity contribution in [3.8, 4) is 5.75 Å². The van der Waals surface area contributed by atoms with Crippen LogP contribution in [0.4, 0.5) is 0 Å². The van der Waals surface area contributed by atoms with Crippen LogP contribution in [0.15, 0.2) is 47.6 Å². The number of amidine groups is 1. The summed E-state index contributed by atoms with van der Waals surface area (Å²) in [6.45, 7) is 2.47. The first-order chi connectivity index (χ1) is 10.1. The minimum Gasteiger partial charge on any atom is -0.489 e. The van der Waals surface area contributed by atoms with Gasteiger partial charge in [0.1, 0.15) is 12.4 Å².